The van der Waals surface area contributed by atoms with Crippen LogP contribution in [0, 0.1) is 0 Å². The molecule has 0 spiro atoms. The molecule has 0 radical (unpaired) electrons. The minimum Gasteiger partial charge on any atom is -0.427 e. The molecule has 15 heavy (non-hydrogen) atoms. The first-order chi connectivity index (χ1) is 7.02. The highest BCUT2D eigenvalue weighted by Gasteiger charge is 2.08. The number of esters is 1. The Morgan fingerprint density at radius 1 is 1.53 bits per heavy atom. The maximum Gasteiger partial charge on any atom is 0.308 e. The van der Waals surface area contributed by atoms with Crippen LogP contribution in [0.2, 0.25) is 0 Å². The molecule has 0 fully saturated rings. The molecule has 82 valence electrons. The van der Waals surface area contributed by atoms with Crippen molar-refractivity contribution >= 4 is 21.9 Å². The van der Waals surface area contributed by atoms with Crippen molar-refractivity contribution in [3.8, 4) is 5.75 Å². The van der Waals surface area contributed by atoms with Gasteiger partial charge in [0.15, 0.2) is 0 Å². The van der Waals surface area contributed by atoms with Gasteiger partial charge in [-0.05, 0) is 23.8 Å². The van der Waals surface area contributed by atoms with Gasteiger partial charge in [0, 0.05) is 23.9 Å². The van der Waals surface area contributed by atoms with Gasteiger partial charge in [0.05, 0.1) is 0 Å². The van der Waals surface area contributed by atoms with Crippen LogP contribution in [0.1, 0.15) is 25.3 Å². The standard InChI is InChI=1S/C11H13BrO3/c1-7(6-13)9-3-10(12)5-11(4-9)15-8(2)14/h3-5,7,13H,6H2,1-2H3. The van der Waals surface area contributed by atoms with Crippen molar-refractivity contribution in [2.24, 2.45) is 0 Å². The topological polar surface area (TPSA) is 46.5 Å². The highest BCUT2D eigenvalue weighted by atomic mass is 79.9. The van der Waals surface area contributed by atoms with E-state index < -0.39 is 0 Å². The zero-order valence-corrected chi connectivity index (χ0v) is 10.2. The Hall–Kier alpha value is -0.870. The number of halogens is 1. The maximum absolute atomic E-state index is 10.8. The summed E-state index contributed by atoms with van der Waals surface area (Å²) in [7, 11) is 0. The van der Waals surface area contributed by atoms with Crippen molar-refractivity contribution in [2.75, 3.05) is 6.61 Å². The molecule has 0 aliphatic heterocycles. The molecule has 1 rings (SSSR count). The van der Waals surface area contributed by atoms with Gasteiger partial charge in [-0.25, -0.2) is 0 Å². The lowest BCUT2D eigenvalue weighted by Gasteiger charge is -2.10. The number of aliphatic hydroxyl groups excluding tert-OH is 1. The normalized spacial score (nSPS) is 12.3. The van der Waals surface area contributed by atoms with Crippen molar-refractivity contribution in [2.45, 2.75) is 19.8 Å². The summed E-state index contributed by atoms with van der Waals surface area (Å²) in [6, 6.07) is 5.37. The average Bonchev–Trinajstić information content (AvgIpc) is 2.14. The second kappa shape index (κ2) is 5.28. The van der Waals surface area contributed by atoms with E-state index in [1.807, 2.05) is 13.0 Å². The van der Waals surface area contributed by atoms with Crippen molar-refractivity contribution < 1.29 is 14.6 Å². The Morgan fingerprint density at radius 2 is 2.20 bits per heavy atom. The lowest BCUT2D eigenvalue weighted by Crippen LogP contribution is -2.04. The number of rotatable bonds is 3. The molecule has 0 aliphatic carbocycles. The van der Waals surface area contributed by atoms with E-state index in [1.54, 1.807) is 12.1 Å². The minimum absolute atomic E-state index is 0.0248. The molecule has 0 heterocycles. The third-order valence-electron chi connectivity index (χ3n) is 2.00. The van der Waals surface area contributed by atoms with Crippen molar-refractivity contribution in [3.05, 3.63) is 28.2 Å². The molecule has 0 aromatic heterocycles. The van der Waals surface area contributed by atoms with Crippen molar-refractivity contribution in [1.29, 1.82) is 0 Å². The number of carbonyl (C=O) groups excluding carboxylic acids is 1. The Balaban J connectivity index is 2.99. The first-order valence-electron chi connectivity index (χ1n) is 4.62. The van der Waals surface area contributed by atoms with Gasteiger partial charge in [-0.3, -0.25) is 4.79 Å². The number of ether oxygens (including phenoxy) is 1. The fraction of sp³-hybridized carbons (Fsp3) is 0.364. The van der Waals surface area contributed by atoms with Gasteiger partial charge < -0.3 is 9.84 Å². The molecule has 0 saturated carbocycles. The Kier molecular flexibility index (Phi) is 4.29. The predicted molar refractivity (Wildman–Crippen MR) is 61.0 cm³/mol. The minimum atomic E-state index is -0.351. The fourth-order valence-corrected chi connectivity index (χ4v) is 1.69. The van der Waals surface area contributed by atoms with Gasteiger partial charge in [0.2, 0.25) is 0 Å². The van der Waals surface area contributed by atoms with Crippen LogP contribution < -0.4 is 4.74 Å². The molecular formula is C11H13BrO3. The van der Waals surface area contributed by atoms with E-state index in [9.17, 15) is 4.79 Å². The Bertz CT molecular complexity index is 363. The van der Waals surface area contributed by atoms with Gasteiger partial charge in [0.1, 0.15) is 5.75 Å². The van der Waals surface area contributed by atoms with Crippen molar-refractivity contribution in [1.82, 2.24) is 0 Å². The number of hydrogen-bond donors (Lipinski definition) is 1. The fourth-order valence-electron chi connectivity index (χ4n) is 1.20. The van der Waals surface area contributed by atoms with E-state index in [0.717, 1.165) is 10.0 Å². The Labute approximate surface area is 97.2 Å². The third-order valence-corrected chi connectivity index (χ3v) is 2.46. The summed E-state index contributed by atoms with van der Waals surface area (Å²) in [5.41, 5.74) is 0.933. The van der Waals surface area contributed by atoms with Crippen LogP contribution >= 0.6 is 15.9 Å². The number of hydrogen-bond acceptors (Lipinski definition) is 3. The molecule has 1 N–H and O–H groups in total. The van der Waals surface area contributed by atoms with E-state index in [1.165, 1.54) is 6.92 Å². The molecule has 4 heteroatoms. The molecule has 0 aliphatic rings. The molecule has 0 bridgehead atoms. The zero-order chi connectivity index (χ0) is 11.4. The molecule has 1 unspecified atom stereocenters. The van der Waals surface area contributed by atoms with E-state index in [0.29, 0.717) is 5.75 Å². The van der Waals surface area contributed by atoms with Gasteiger partial charge in [-0.1, -0.05) is 22.9 Å². The van der Waals surface area contributed by atoms with Gasteiger partial charge >= 0.3 is 5.97 Å². The summed E-state index contributed by atoms with van der Waals surface area (Å²) in [4.78, 5) is 10.8. The van der Waals surface area contributed by atoms with Crippen LogP contribution in [0.25, 0.3) is 0 Å². The summed E-state index contributed by atoms with van der Waals surface area (Å²) in [6.07, 6.45) is 0. The highest BCUT2D eigenvalue weighted by Crippen LogP contribution is 2.26. The molecule has 3 nitrogen and oxygen atoms in total. The monoisotopic (exact) mass is 272 g/mol. The van der Waals surface area contributed by atoms with E-state index >= 15 is 0 Å². The van der Waals surface area contributed by atoms with Crippen molar-refractivity contribution in [3.63, 3.8) is 0 Å². The summed E-state index contributed by atoms with van der Waals surface area (Å²) in [5.74, 6) is 0.166. The van der Waals surface area contributed by atoms with E-state index in [4.69, 9.17) is 9.84 Å². The van der Waals surface area contributed by atoms with Crippen LogP contribution in [-0.4, -0.2) is 17.7 Å². The van der Waals surface area contributed by atoms with Crippen LogP contribution in [0.4, 0.5) is 0 Å². The lowest BCUT2D eigenvalue weighted by molar-refractivity contribution is -0.131. The van der Waals surface area contributed by atoms with Gasteiger partial charge in [-0.2, -0.15) is 0 Å². The molecule has 1 aromatic rings. The number of benzene rings is 1. The summed E-state index contributed by atoms with van der Waals surface area (Å²) >= 11 is 3.33. The Morgan fingerprint density at radius 3 is 2.73 bits per heavy atom. The smallest absolute Gasteiger partial charge is 0.308 e. The van der Waals surface area contributed by atoms with Gasteiger partial charge in [-0.15, -0.1) is 0 Å². The third kappa shape index (κ3) is 3.64. The molecule has 0 saturated heterocycles. The van der Waals surface area contributed by atoms with Crippen LogP contribution in [-0.2, 0) is 4.79 Å². The molecular weight excluding hydrogens is 260 g/mol. The summed E-state index contributed by atoms with van der Waals surface area (Å²) in [6.45, 7) is 3.32. The number of aliphatic hydroxyl groups is 1. The zero-order valence-electron chi connectivity index (χ0n) is 8.66. The first-order valence-corrected chi connectivity index (χ1v) is 5.42. The molecule has 0 amide bonds. The van der Waals surface area contributed by atoms with Crippen LogP contribution in [0.15, 0.2) is 22.7 Å². The highest BCUT2D eigenvalue weighted by molar-refractivity contribution is 9.10. The van der Waals surface area contributed by atoms with E-state index in [2.05, 4.69) is 15.9 Å². The first kappa shape index (κ1) is 12.2. The predicted octanol–water partition coefficient (Wildman–Crippen LogP) is 2.47. The van der Waals surface area contributed by atoms with Crippen LogP contribution in [0.3, 0.4) is 0 Å². The SMILES string of the molecule is CC(=O)Oc1cc(Br)cc(C(C)CO)c1. The summed E-state index contributed by atoms with van der Waals surface area (Å²) in [5, 5.41) is 9.03. The van der Waals surface area contributed by atoms with Crippen LogP contribution in [0.5, 0.6) is 5.75 Å². The largest absolute Gasteiger partial charge is 0.427 e. The second-order valence-electron chi connectivity index (χ2n) is 3.40. The quantitative estimate of drug-likeness (QED) is 0.679. The molecule has 1 atom stereocenters. The van der Waals surface area contributed by atoms with Gasteiger partial charge in [0.25, 0.3) is 0 Å². The second-order valence-corrected chi connectivity index (χ2v) is 4.31. The lowest BCUT2D eigenvalue weighted by atomic mass is 10.0. The van der Waals surface area contributed by atoms with E-state index in [-0.39, 0.29) is 18.5 Å². The molecule has 1 aromatic carbocycles. The maximum atomic E-state index is 10.8. The summed E-state index contributed by atoms with van der Waals surface area (Å²) < 4.78 is 5.81. The average molecular weight is 273 g/mol. The number of carbonyl (C=O) groups is 1.